The van der Waals surface area contributed by atoms with Crippen LogP contribution in [0, 0.1) is 21.4 Å². The summed E-state index contributed by atoms with van der Waals surface area (Å²) in [5, 5.41) is 19.5. The van der Waals surface area contributed by atoms with E-state index in [9.17, 15) is 14.9 Å². The molecule has 8 nitrogen and oxygen atoms in total. The van der Waals surface area contributed by atoms with Gasteiger partial charge in [0.05, 0.1) is 29.6 Å². The molecule has 0 radical (unpaired) electrons. The Bertz CT molecular complexity index is 896. The predicted octanol–water partition coefficient (Wildman–Crippen LogP) is 2.16. The molecule has 0 atom stereocenters. The molecular weight excluding hydrogens is 336 g/mol. The summed E-state index contributed by atoms with van der Waals surface area (Å²) in [6, 6.07) is 11.1. The number of hydrogen-bond donors (Lipinski definition) is 0. The molecule has 1 amide bonds. The Morgan fingerprint density at radius 1 is 1.35 bits per heavy atom. The average Bonchev–Trinajstić information content (AvgIpc) is 2.63. The first kappa shape index (κ1) is 17.1. The van der Waals surface area contributed by atoms with Crippen molar-refractivity contribution >= 4 is 17.7 Å². The number of likely N-dealkylation sites (tertiary alicyclic amines) is 1. The van der Waals surface area contributed by atoms with Crippen LogP contribution in [0.2, 0.25) is 0 Å². The van der Waals surface area contributed by atoms with E-state index < -0.39 is 4.92 Å². The second-order valence-corrected chi connectivity index (χ2v) is 5.66. The maximum Gasteiger partial charge on any atom is 0.269 e. The van der Waals surface area contributed by atoms with E-state index in [2.05, 4.69) is 4.98 Å². The first-order valence-electron chi connectivity index (χ1n) is 7.79. The van der Waals surface area contributed by atoms with Crippen molar-refractivity contribution in [3.8, 4) is 11.9 Å². The average molecular weight is 350 g/mol. The lowest BCUT2D eigenvalue weighted by Crippen LogP contribution is -2.55. The van der Waals surface area contributed by atoms with Gasteiger partial charge in [0, 0.05) is 30.5 Å². The zero-order chi connectivity index (χ0) is 18.5. The molecule has 2 heterocycles. The van der Waals surface area contributed by atoms with Crippen LogP contribution >= 0.6 is 0 Å². The van der Waals surface area contributed by atoms with Crippen molar-refractivity contribution < 1.29 is 14.5 Å². The number of aromatic nitrogens is 1. The number of nitrogens with zero attached hydrogens (tertiary/aromatic N) is 4. The van der Waals surface area contributed by atoms with Gasteiger partial charge in [-0.15, -0.1) is 0 Å². The third kappa shape index (κ3) is 4.02. The summed E-state index contributed by atoms with van der Waals surface area (Å²) in [4.78, 5) is 27.9. The molecular formula is C18H14N4O4. The van der Waals surface area contributed by atoms with E-state index in [1.54, 1.807) is 35.2 Å². The molecule has 26 heavy (non-hydrogen) atoms. The van der Waals surface area contributed by atoms with Crippen LogP contribution in [0.15, 0.2) is 48.7 Å². The van der Waals surface area contributed by atoms with Crippen molar-refractivity contribution in [1.82, 2.24) is 9.88 Å². The number of rotatable bonds is 5. The maximum absolute atomic E-state index is 12.1. The Hall–Kier alpha value is -3.73. The lowest BCUT2D eigenvalue weighted by molar-refractivity contribution is -0.384. The van der Waals surface area contributed by atoms with Gasteiger partial charge in [0.25, 0.3) is 5.69 Å². The highest BCUT2D eigenvalue weighted by Crippen LogP contribution is 2.18. The van der Waals surface area contributed by atoms with Crippen LogP contribution in [-0.4, -0.2) is 39.9 Å². The number of ether oxygens (including phenoxy) is 1. The summed E-state index contributed by atoms with van der Waals surface area (Å²) >= 11 is 0. The molecule has 1 fully saturated rings. The van der Waals surface area contributed by atoms with Gasteiger partial charge in [0.15, 0.2) is 0 Å². The summed E-state index contributed by atoms with van der Waals surface area (Å²) in [7, 11) is 0. The molecule has 0 aliphatic carbocycles. The van der Waals surface area contributed by atoms with Crippen LogP contribution in [-0.2, 0) is 4.79 Å². The fourth-order valence-corrected chi connectivity index (χ4v) is 2.39. The summed E-state index contributed by atoms with van der Waals surface area (Å²) < 4.78 is 5.63. The third-order valence-electron chi connectivity index (χ3n) is 3.83. The normalized spacial score (nSPS) is 13.9. The van der Waals surface area contributed by atoms with Crippen LogP contribution < -0.4 is 4.74 Å². The Balaban J connectivity index is 1.50. The Labute approximate surface area is 149 Å². The van der Waals surface area contributed by atoms with E-state index in [-0.39, 0.29) is 17.7 Å². The zero-order valence-electron chi connectivity index (χ0n) is 13.6. The van der Waals surface area contributed by atoms with Gasteiger partial charge in [-0.3, -0.25) is 14.9 Å². The molecule has 1 aliphatic rings. The summed E-state index contributed by atoms with van der Waals surface area (Å²) in [5.74, 6) is 0.199. The molecule has 0 N–H and O–H groups in total. The van der Waals surface area contributed by atoms with Crippen molar-refractivity contribution in [2.24, 2.45) is 0 Å². The Morgan fingerprint density at radius 2 is 2.08 bits per heavy atom. The minimum absolute atomic E-state index is 0.00490. The summed E-state index contributed by atoms with van der Waals surface area (Å²) in [6.07, 6.45) is 4.38. The van der Waals surface area contributed by atoms with E-state index in [0.717, 1.165) is 0 Å². The van der Waals surface area contributed by atoms with Crippen molar-refractivity contribution in [2.45, 2.75) is 6.10 Å². The minimum Gasteiger partial charge on any atom is -0.471 e. The fraction of sp³-hybridized carbons (Fsp3) is 0.167. The quantitative estimate of drug-likeness (QED) is 0.464. The van der Waals surface area contributed by atoms with Gasteiger partial charge in [-0.05, 0) is 29.8 Å². The highest BCUT2D eigenvalue weighted by atomic mass is 16.6. The van der Waals surface area contributed by atoms with Crippen LogP contribution in [0.3, 0.4) is 0 Å². The highest BCUT2D eigenvalue weighted by Gasteiger charge is 2.31. The number of hydrogen-bond acceptors (Lipinski definition) is 6. The lowest BCUT2D eigenvalue weighted by Gasteiger charge is -2.38. The molecule has 1 aromatic heterocycles. The second kappa shape index (κ2) is 7.44. The molecule has 0 spiro atoms. The van der Waals surface area contributed by atoms with Gasteiger partial charge in [0.1, 0.15) is 6.10 Å². The van der Waals surface area contributed by atoms with Crippen molar-refractivity contribution in [3.05, 3.63) is 69.9 Å². The van der Waals surface area contributed by atoms with Crippen LogP contribution in [0.4, 0.5) is 5.69 Å². The van der Waals surface area contributed by atoms with Gasteiger partial charge in [-0.1, -0.05) is 0 Å². The smallest absolute Gasteiger partial charge is 0.269 e. The zero-order valence-corrected chi connectivity index (χ0v) is 13.6. The van der Waals surface area contributed by atoms with Crippen LogP contribution in [0.25, 0.3) is 6.08 Å². The molecule has 1 aromatic carbocycles. The van der Waals surface area contributed by atoms with Crippen LogP contribution in [0.5, 0.6) is 5.88 Å². The maximum atomic E-state index is 12.1. The largest absolute Gasteiger partial charge is 0.471 e. The van der Waals surface area contributed by atoms with E-state index in [0.29, 0.717) is 30.1 Å². The fourth-order valence-electron chi connectivity index (χ4n) is 2.39. The molecule has 130 valence electrons. The lowest BCUT2D eigenvalue weighted by atomic mass is 10.1. The van der Waals surface area contributed by atoms with E-state index in [1.807, 2.05) is 6.07 Å². The minimum atomic E-state index is -0.472. The first-order chi connectivity index (χ1) is 12.5. The molecule has 0 unspecified atom stereocenters. The molecule has 2 aromatic rings. The van der Waals surface area contributed by atoms with Gasteiger partial charge >= 0.3 is 0 Å². The highest BCUT2D eigenvalue weighted by molar-refractivity contribution is 5.92. The van der Waals surface area contributed by atoms with Gasteiger partial charge < -0.3 is 9.64 Å². The third-order valence-corrected chi connectivity index (χ3v) is 3.83. The number of benzene rings is 1. The SMILES string of the molecule is N#Cc1ccnc(OC2CN(C(=O)/C=C/c3ccc([N+](=O)[O-])cc3)C2)c1. The number of nitro benzene ring substituents is 1. The Morgan fingerprint density at radius 3 is 2.73 bits per heavy atom. The van der Waals surface area contributed by atoms with Crippen molar-refractivity contribution in [1.29, 1.82) is 5.26 Å². The number of non-ortho nitro benzene ring substituents is 1. The number of nitro groups is 1. The molecule has 0 bridgehead atoms. The number of amides is 1. The summed E-state index contributed by atoms with van der Waals surface area (Å²) in [5.41, 5.74) is 1.17. The summed E-state index contributed by atoms with van der Waals surface area (Å²) in [6.45, 7) is 0.865. The van der Waals surface area contributed by atoms with E-state index >= 15 is 0 Å². The Kier molecular flexibility index (Phi) is 4.90. The van der Waals surface area contributed by atoms with E-state index in [4.69, 9.17) is 10.00 Å². The predicted molar refractivity (Wildman–Crippen MR) is 92.1 cm³/mol. The molecule has 0 saturated carbocycles. The number of pyridine rings is 1. The van der Waals surface area contributed by atoms with Gasteiger partial charge in [-0.25, -0.2) is 4.98 Å². The molecule has 8 heteroatoms. The number of carbonyl (C=O) groups is 1. The van der Waals surface area contributed by atoms with Crippen molar-refractivity contribution in [2.75, 3.05) is 13.1 Å². The topological polar surface area (TPSA) is 109 Å². The standard InChI is InChI=1S/C18H14N4O4/c19-10-14-7-8-20-17(9-14)26-16-11-21(12-16)18(23)6-3-13-1-4-15(5-2-13)22(24)25/h1-9,16H,11-12H2/b6-3+. The molecule has 1 saturated heterocycles. The second-order valence-electron chi connectivity index (χ2n) is 5.66. The van der Waals surface area contributed by atoms with Gasteiger partial charge in [-0.2, -0.15) is 5.26 Å². The molecule has 3 rings (SSSR count). The molecule has 1 aliphatic heterocycles. The number of nitriles is 1. The van der Waals surface area contributed by atoms with Crippen molar-refractivity contribution in [3.63, 3.8) is 0 Å². The van der Waals surface area contributed by atoms with Gasteiger partial charge in [0.2, 0.25) is 11.8 Å². The van der Waals surface area contributed by atoms with E-state index in [1.165, 1.54) is 24.4 Å². The monoisotopic (exact) mass is 350 g/mol. The number of carbonyl (C=O) groups excluding carboxylic acids is 1. The van der Waals surface area contributed by atoms with Crippen LogP contribution in [0.1, 0.15) is 11.1 Å². The first-order valence-corrected chi connectivity index (χ1v) is 7.79.